The highest BCUT2D eigenvalue weighted by Gasteiger charge is 2.31. The molecule has 1 saturated heterocycles. The minimum atomic E-state index is -4.23. The van der Waals surface area contributed by atoms with Gasteiger partial charge in [-0.15, -0.1) is 0 Å². The molecule has 1 aliphatic heterocycles. The second-order valence-electron chi connectivity index (χ2n) is 8.17. The number of ether oxygens (including phenoxy) is 2. The van der Waals surface area contributed by atoms with Crippen molar-refractivity contribution in [2.24, 2.45) is 0 Å². The lowest BCUT2D eigenvalue weighted by atomic mass is 10.2. The van der Waals surface area contributed by atoms with Crippen LogP contribution in [0.2, 0.25) is 0 Å². The quantitative estimate of drug-likeness (QED) is 0.220. The number of para-hydroxylation sites is 1. The van der Waals surface area contributed by atoms with Crippen LogP contribution in [0.15, 0.2) is 63.0 Å². The van der Waals surface area contributed by atoms with Crippen LogP contribution in [-0.2, 0) is 26.0 Å². The van der Waals surface area contributed by atoms with E-state index in [2.05, 4.69) is 0 Å². The molecule has 35 heavy (non-hydrogen) atoms. The molecular weight excluding hydrogens is 478 g/mol. The molecule has 1 aliphatic rings. The van der Waals surface area contributed by atoms with Gasteiger partial charge in [-0.25, -0.2) is 8.42 Å². The number of fused-ring (bicyclic) bond motifs is 1. The smallest absolute Gasteiger partial charge is 0.294 e. The fraction of sp³-hybridized carbons (Fsp3) is 0.435. The second kappa shape index (κ2) is 11.1. The van der Waals surface area contributed by atoms with Gasteiger partial charge < -0.3 is 18.5 Å². The van der Waals surface area contributed by atoms with Crippen molar-refractivity contribution in [3.63, 3.8) is 0 Å². The van der Waals surface area contributed by atoms with Gasteiger partial charge >= 0.3 is 0 Å². The maximum absolute atomic E-state index is 13.5. The molecular formula is C23H27N3O8S. The van der Waals surface area contributed by atoms with Gasteiger partial charge in [-0.05, 0) is 43.9 Å². The van der Waals surface area contributed by atoms with Crippen LogP contribution in [0.1, 0.15) is 25.7 Å². The van der Waals surface area contributed by atoms with Gasteiger partial charge in [0.25, 0.3) is 11.2 Å². The van der Waals surface area contributed by atoms with Gasteiger partial charge in [0.1, 0.15) is 0 Å². The Balaban J connectivity index is 1.53. The molecule has 0 N–H and O–H groups in total. The van der Waals surface area contributed by atoms with Crippen LogP contribution in [0, 0.1) is 10.1 Å². The Bertz CT molecular complexity index is 1330. The highest BCUT2D eigenvalue weighted by atomic mass is 32.2. The lowest BCUT2D eigenvalue weighted by molar-refractivity contribution is -0.387. The summed E-state index contributed by atoms with van der Waals surface area (Å²) in [4.78, 5) is 23.0. The van der Waals surface area contributed by atoms with E-state index in [1.807, 2.05) is 0 Å². The Morgan fingerprint density at radius 1 is 1.17 bits per heavy atom. The molecule has 0 spiro atoms. The normalized spacial score (nSPS) is 16.7. The Labute approximate surface area is 202 Å². The van der Waals surface area contributed by atoms with Crippen molar-refractivity contribution in [2.75, 3.05) is 26.3 Å². The van der Waals surface area contributed by atoms with Gasteiger partial charge in [0.05, 0.1) is 17.8 Å². The molecule has 0 saturated carbocycles. The van der Waals surface area contributed by atoms with Gasteiger partial charge in [-0.1, -0.05) is 12.1 Å². The van der Waals surface area contributed by atoms with E-state index in [1.165, 1.54) is 29.0 Å². The molecule has 12 heteroatoms. The van der Waals surface area contributed by atoms with Crippen LogP contribution < -0.4 is 5.56 Å². The zero-order valence-corrected chi connectivity index (χ0v) is 19.9. The summed E-state index contributed by atoms with van der Waals surface area (Å²) >= 11 is 0. The zero-order chi connectivity index (χ0) is 24.8. The first-order valence-electron chi connectivity index (χ1n) is 11.4. The lowest BCUT2D eigenvalue weighted by Gasteiger charge is -2.25. The van der Waals surface area contributed by atoms with Crippen molar-refractivity contribution in [1.29, 1.82) is 0 Å². The first-order valence-corrected chi connectivity index (χ1v) is 12.9. The van der Waals surface area contributed by atoms with Crippen LogP contribution in [0.5, 0.6) is 0 Å². The number of rotatable bonds is 11. The largest absolute Gasteiger partial charge is 0.459 e. The van der Waals surface area contributed by atoms with Gasteiger partial charge in [-0.2, -0.15) is 4.31 Å². The molecule has 0 amide bonds. The Hall–Kier alpha value is -3.06. The van der Waals surface area contributed by atoms with Gasteiger partial charge in [0, 0.05) is 43.9 Å². The third-order valence-electron chi connectivity index (χ3n) is 5.85. The molecule has 3 heterocycles. The summed E-state index contributed by atoms with van der Waals surface area (Å²) in [7, 11) is -4.23. The molecule has 0 radical (unpaired) electrons. The van der Waals surface area contributed by atoms with Crippen molar-refractivity contribution in [3.8, 4) is 0 Å². The van der Waals surface area contributed by atoms with E-state index < -0.39 is 25.5 Å². The van der Waals surface area contributed by atoms with E-state index in [4.69, 9.17) is 13.9 Å². The molecule has 4 rings (SSSR count). The fourth-order valence-electron chi connectivity index (χ4n) is 4.00. The number of nitrogens with zero attached hydrogens (tertiary/aromatic N) is 3. The molecule has 11 nitrogen and oxygen atoms in total. The lowest BCUT2D eigenvalue weighted by Crippen LogP contribution is -2.37. The molecule has 3 aromatic rings. The van der Waals surface area contributed by atoms with E-state index in [0.717, 1.165) is 29.6 Å². The number of hydrogen-bond acceptors (Lipinski definition) is 8. The van der Waals surface area contributed by atoms with Crippen LogP contribution >= 0.6 is 0 Å². The number of hydrogen-bond donors (Lipinski definition) is 0. The SMILES string of the molecule is O=c1c2occc2ccn1CCN(CCCOC1CCCCO1)S(=O)(=O)c1ccccc1[N+](=O)[O-]. The van der Waals surface area contributed by atoms with E-state index in [1.54, 1.807) is 18.3 Å². The number of pyridine rings is 1. The predicted molar refractivity (Wildman–Crippen MR) is 126 cm³/mol. The summed E-state index contributed by atoms with van der Waals surface area (Å²) in [6, 6.07) is 8.61. The molecule has 1 atom stereocenters. The first kappa shape index (κ1) is 25.0. The van der Waals surface area contributed by atoms with E-state index in [9.17, 15) is 23.3 Å². The number of nitro benzene ring substituents is 1. The molecule has 188 valence electrons. The maximum Gasteiger partial charge on any atom is 0.294 e. The Morgan fingerprint density at radius 3 is 2.77 bits per heavy atom. The number of aromatic nitrogens is 1. The summed E-state index contributed by atoms with van der Waals surface area (Å²) in [5, 5.41) is 12.1. The summed E-state index contributed by atoms with van der Waals surface area (Å²) in [6.07, 6.45) is 5.82. The van der Waals surface area contributed by atoms with Crippen LogP contribution in [0.4, 0.5) is 5.69 Å². The number of nitro groups is 1. The predicted octanol–water partition coefficient (Wildman–Crippen LogP) is 3.13. The summed E-state index contributed by atoms with van der Waals surface area (Å²) in [5.74, 6) is 0. The molecule has 0 bridgehead atoms. The number of sulfonamides is 1. The number of furan rings is 1. The highest BCUT2D eigenvalue weighted by Crippen LogP contribution is 2.26. The fourth-order valence-corrected chi connectivity index (χ4v) is 5.63. The summed E-state index contributed by atoms with van der Waals surface area (Å²) < 4.78 is 46.0. The van der Waals surface area contributed by atoms with Crippen LogP contribution in [0.25, 0.3) is 11.0 Å². The summed E-state index contributed by atoms with van der Waals surface area (Å²) in [6.45, 7) is 0.935. The minimum absolute atomic E-state index is 0.0436. The molecule has 1 fully saturated rings. The van der Waals surface area contributed by atoms with Gasteiger partial charge in [0.15, 0.2) is 16.8 Å². The van der Waals surface area contributed by atoms with E-state index in [-0.39, 0.29) is 43.7 Å². The van der Waals surface area contributed by atoms with E-state index >= 15 is 0 Å². The van der Waals surface area contributed by atoms with Crippen LogP contribution in [0.3, 0.4) is 0 Å². The Kier molecular flexibility index (Phi) is 7.96. The average molecular weight is 506 g/mol. The van der Waals surface area contributed by atoms with Gasteiger partial charge in [0.2, 0.25) is 10.0 Å². The van der Waals surface area contributed by atoms with Crippen molar-refractivity contribution in [1.82, 2.24) is 8.87 Å². The number of benzene rings is 1. The van der Waals surface area contributed by atoms with Crippen molar-refractivity contribution in [2.45, 2.75) is 43.4 Å². The summed E-state index contributed by atoms with van der Waals surface area (Å²) in [5.41, 5.74) is -0.701. The second-order valence-corrected chi connectivity index (χ2v) is 10.1. The molecule has 1 unspecified atom stereocenters. The third-order valence-corrected chi connectivity index (χ3v) is 7.79. The third kappa shape index (κ3) is 5.78. The average Bonchev–Trinajstić information content (AvgIpc) is 3.35. The van der Waals surface area contributed by atoms with E-state index in [0.29, 0.717) is 18.4 Å². The molecule has 2 aromatic heterocycles. The molecule has 1 aromatic carbocycles. The monoisotopic (exact) mass is 505 g/mol. The molecule has 0 aliphatic carbocycles. The Morgan fingerprint density at radius 2 is 2.00 bits per heavy atom. The van der Waals surface area contributed by atoms with Gasteiger partial charge in [-0.3, -0.25) is 14.9 Å². The minimum Gasteiger partial charge on any atom is -0.459 e. The standard InChI is InChI=1S/C23H27N3O8S/c27-23-22-18(10-17-34-22)9-12-24(23)13-14-25(11-5-16-33-21-8-3-4-15-32-21)35(30,31)20-7-2-1-6-19(20)26(28)29/h1-2,6-7,9-10,12,17,21H,3-5,8,11,13-16H2. The zero-order valence-electron chi connectivity index (χ0n) is 19.1. The van der Waals surface area contributed by atoms with Crippen molar-refractivity contribution in [3.05, 3.63) is 69.3 Å². The van der Waals surface area contributed by atoms with Crippen molar-refractivity contribution >= 4 is 26.7 Å². The first-order chi connectivity index (χ1) is 16.9. The van der Waals surface area contributed by atoms with Crippen molar-refractivity contribution < 1.29 is 27.2 Å². The van der Waals surface area contributed by atoms with Crippen LogP contribution in [-0.4, -0.2) is 54.8 Å². The maximum atomic E-state index is 13.5. The topological polar surface area (TPSA) is 134 Å². The highest BCUT2D eigenvalue weighted by molar-refractivity contribution is 7.89.